The first-order valence-electron chi connectivity index (χ1n) is 19.9. The summed E-state index contributed by atoms with van der Waals surface area (Å²) in [4.78, 5) is 17.3. The van der Waals surface area contributed by atoms with Gasteiger partial charge in [0.2, 0.25) is 13.6 Å². The summed E-state index contributed by atoms with van der Waals surface area (Å²) < 4.78 is 47.4. The Balaban J connectivity index is 0.000000156. The maximum Gasteiger partial charge on any atom is 0.339 e. The summed E-state index contributed by atoms with van der Waals surface area (Å²) in [7, 11) is 7.14. The van der Waals surface area contributed by atoms with Gasteiger partial charge in [-0.2, -0.15) is 0 Å². The van der Waals surface area contributed by atoms with E-state index >= 15 is 0 Å². The van der Waals surface area contributed by atoms with Crippen LogP contribution >= 0.6 is 31.9 Å². The molecule has 0 fully saturated rings. The molecular formula is C44H46Br2N2O13. The quantitative estimate of drug-likeness (QED) is 0.161. The zero-order valence-corrected chi connectivity index (χ0v) is 37.2. The number of rotatable bonds is 8. The number of ether oxygens (including phenoxy) is 8. The van der Waals surface area contributed by atoms with Crippen LogP contribution in [0.4, 0.5) is 0 Å². The third kappa shape index (κ3) is 6.58. The molecule has 0 aliphatic carbocycles. The second-order valence-electron chi connectivity index (χ2n) is 15.6. The van der Waals surface area contributed by atoms with Gasteiger partial charge in [0.1, 0.15) is 23.7 Å². The van der Waals surface area contributed by atoms with Crippen LogP contribution in [0.3, 0.4) is 0 Å². The van der Waals surface area contributed by atoms with Crippen molar-refractivity contribution in [3.63, 3.8) is 0 Å². The molecule has 17 heteroatoms. The molecule has 0 bridgehead atoms. The van der Waals surface area contributed by atoms with Crippen molar-refractivity contribution in [2.75, 3.05) is 55.0 Å². The van der Waals surface area contributed by atoms with E-state index in [1.54, 1.807) is 13.2 Å². The number of aliphatic hydroxyl groups is 4. The summed E-state index contributed by atoms with van der Waals surface area (Å²) in [6, 6.07) is 7.01. The van der Waals surface area contributed by atoms with Crippen LogP contribution in [0.1, 0.15) is 95.8 Å². The van der Waals surface area contributed by atoms with E-state index in [9.17, 15) is 25.2 Å². The average molecular weight is 971 g/mol. The summed E-state index contributed by atoms with van der Waals surface area (Å²) in [5, 5.41) is 40.4. The molecule has 6 heterocycles. The number of esters is 1. The minimum atomic E-state index is -0.611. The van der Waals surface area contributed by atoms with Crippen LogP contribution in [0.25, 0.3) is 0 Å². The van der Waals surface area contributed by atoms with Crippen molar-refractivity contribution in [1.29, 1.82) is 0 Å². The lowest BCUT2D eigenvalue weighted by Gasteiger charge is -2.40. The molecule has 6 aliphatic heterocycles. The molecule has 4 aromatic carbocycles. The topological polar surface area (TPSA) is 178 Å². The van der Waals surface area contributed by atoms with E-state index in [2.05, 4.69) is 48.7 Å². The molecule has 4 aromatic rings. The maximum absolute atomic E-state index is 12.9. The van der Waals surface area contributed by atoms with Gasteiger partial charge in [-0.05, 0) is 104 Å². The summed E-state index contributed by atoms with van der Waals surface area (Å²) >= 11 is 7.38. The minimum absolute atomic E-state index is 0.0885. The highest BCUT2D eigenvalue weighted by molar-refractivity contribution is 9.11. The summed E-state index contributed by atoms with van der Waals surface area (Å²) in [6.07, 6.45) is 0.722. The van der Waals surface area contributed by atoms with Crippen LogP contribution in [0.5, 0.6) is 34.5 Å². The van der Waals surface area contributed by atoms with Crippen LogP contribution in [0.2, 0.25) is 0 Å². The van der Waals surface area contributed by atoms with Gasteiger partial charge >= 0.3 is 5.97 Å². The van der Waals surface area contributed by atoms with Gasteiger partial charge in [0.25, 0.3) is 0 Å². The molecule has 0 amide bonds. The summed E-state index contributed by atoms with van der Waals surface area (Å²) in [6.45, 7) is 1.40. The average Bonchev–Trinajstić information content (AvgIpc) is 4.11. The number of hydrogen-bond donors (Lipinski definition) is 4. The third-order valence-electron chi connectivity index (χ3n) is 12.8. The number of halogens is 2. The van der Waals surface area contributed by atoms with Crippen LogP contribution < -0.4 is 28.4 Å². The molecule has 0 saturated heterocycles. The van der Waals surface area contributed by atoms with Crippen molar-refractivity contribution in [3.05, 3.63) is 100.0 Å². The van der Waals surface area contributed by atoms with Gasteiger partial charge in [0.05, 0.1) is 73.8 Å². The van der Waals surface area contributed by atoms with Gasteiger partial charge in [-0.15, -0.1) is 0 Å². The monoisotopic (exact) mass is 968 g/mol. The predicted molar refractivity (Wildman–Crippen MR) is 224 cm³/mol. The molecule has 0 saturated carbocycles. The second-order valence-corrected chi connectivity index (χ2v) is 17.2. The zero-order chi connectivity index (χ0) is 42.9. The Bertz CT molecular complexity index is 2430. The van der Waals surface area contributed by atoms with Crippen LogP contribution in [0, 0.1) is 0 Å². The molecule has 10 rings (SSSR count). The molecule has 15 nitrogen and oxygen atoms in total. The second kappa shape index (κ2) is 16.8. The Kier molecular flexibility index (Phi) is 11.6. The van der Waals surface area contributed by atoms with Gasteiger partial charge < -0.3 is 58.3 Å². The molecule has 0 unspecified atom stereocenters. The molecule has 61 heavy (non-hydrogen) atoms. The predicted octanol–water partition coefficient (Wildman–Crippen LogP) is 5.58. The van der Waals surface area contributed by atoms with Crippen molar-refractivity contribution >= 4 is 37.8 Å². The largest absolute Gasteiger partial charge is 0.496 e. The summed E-state index contributed by atoms with van der Waals surface area (Å²) in [5.74, 6) is 3.01. The molecule has 4 N–H and O–H groups in total. The Morgan fingerprint density at radius 3 is 1.62 bits per heavy atom. The first-order valence-corrected chi connectivity index (χ1v) is 21.5. The highest BCUT2D eigenvalue weighted by Gasteiger charge is 2.47. The van der Waals surface area contributed by atoms with Gasteiger partial charge in [0.15, 0.2) is 23.0 Å². The fourth-order valence-electron chi connectivity index (χ4n) is 9.99. The number of benzene rings is 4. The normalized spacial score (nSPS) is 21.9. The molecule has 0 aromatic heterocycles. The van der Waals surface area contributed by atoms with E-state index < -0.39 is 12.1 Å². The minimum Gasteiger partial charge on any atom is -0.496 e. The number of nitrogens with zero attached hydrogens (tertiary/aromatic N) is 2. The number of aliphatic hydroxyl groups excluding tert-OH is 4. The molecule has 6 aliphatic rings. The molecule has 324 valence electrons. The number of carbonyl (C=O) groups is 1. The van der Waals surface area contributed by atoms with Crippen molar-refractivity contribution in [3.8, 4) is 34.5 Å². The Labute approximate surface area is 368 Å². The lowest BCUT2D eigenvalue weighted by molar-refractivity contribution is -0.00470. The molecule has 0 spiro atoms. The lowest BCUT2D eigenvalue weighted by Crippen LogP contribution is -2.37. The molecule has 0 radical (unpaired) electrons. The number of methoxy groups -OCH3 is 2. The highest BCUT2D eigenvalue weighted by Crippen LogP contribution is 2.56. The van der Waals surface area contributed by atoms with Crippen LogP contribution in [0.15, 0.2) is 33.2 Å². The fourth-order valence-corrected chi connectivity index (χ4v) is 11.4. The number of fused-ring (bicyclic) bond motifs is 6. The smallest absolute Gasteiger partial charge is 0.339 e. The highest BCUT2D eigenvalue weighted by atomic mass is 79.9. The van der Waals surface area contributed by atoms with E-state index in [1.165, 1.54) is 7.11 Å². The zero-order valence-electron chi connectivity index (χ0n) is 34.0. The first-order chi connectivity index (χ1) is 29.6. The SMILES string of the molecule is COc1ccc2c(c1CO)C(=O)O[C@@H]2[C@H]1c2c(c(Br)c3c(c2CO)OCO3)CCN1C.COc1ccc2c(c1CO)CO[C@@H]2[C@H]1c2c(c(Br)c3c(c2CO)OCO3)CCN1C. The van der Waals surface area contributed by atoms with Crippen molar-refractivity contribution in [1.82, 2.24) is 9.80 Å². The number of cyclic esters (lactones) is 1. The first kappa shape index (κ1) is 42.1. The van der Waals surface area contributed by atoms with Gasteiger partial charge in [-0.3, -0.25) is 9.80 Å². The van der Waals surface area contributed by atoms with E-state index in [0.29, 0.717) is 63.4 Å². The van der Waals surface area contributed by atoms with Gasteiger partial charge in [-0.25, -0.2) is 4.79 Å². The Morgan fingerprint density at radius 1 is 0.639 bits per heavy atom. The number of carbonyl (C=O) groups excluding carboxylic acids is 1. The van der Waals surface area contributed by atoms with Gasteiger partial charge in [-0.1, -0.05) is 12.1 Å². The van der Waals surface area contributed by atoms with E-state index in [-0.39, 0.29) is 58.2 Å². The molecule has 4 atom stereocenters. The number of hydrogen-bond acceptors (Lipinski definition) is 15. The lowest BCUT2D eigenvalue weighted by atomic mass is 9.83. The number of likely N-dealkylation sites (N-methyl/N-ethyl adjacent to an activating group) is 2. The van der Waals surface area contributed by atoms with Crippen molar-refractivity contribution in [2.24, 2.45) is 0 Å². The van der Waals surface area contributed by atoms with Crippen molar-refractivity contribution in [2.45, 2.75) is 70.2 Å². The van der Waals surface area contributed by atoms with E-state index in [1.807, 2.05) is 25.2 Å². The van der Waals surface area contributed by atoms with Crippen molar-refractivity contribution < 1.29 is 63.1 Å². The van der Waals surface area contributed by atoms with E-state index in [0.717, 1.165) is 79.4 Å². The Morgan fingerprint density at radius 2 is 1.11 bits per heavy atom. The van der Waals surface area contributed by atoms with Crippen LogP contribution in [-0.2, 0) is 55.3 Å². The maximum atomic E-state index is 12.9. The fraction of sp³-hybridized carbons (Fsp3) is 0.432. The standard InChI is InChI=1S/C22H22BrNO7.C22H24BrNO6/c1-24-6-5-10-15(13(8-26)20-21(17(10)23)30-9-29-20)18(24)19-11-3-4-14(28-2)12(7-25)16(11)22(27)31-19;1-24-6-5-12-17(14(8-26)21-22(18(12)23)30-10-29-21)19(24)20-11-3-4-16(27-2)13(7-25)15(11)9-28-20/h3-4,18-19,25-26H,5-9H2,1-2H3;3-4,19-20,25-26H,5-10H2,1-2H3/t18-,19+;19-,20+/m11/s1. The van der Waals surface area contributed by atoms with Gasteiger partial charge in [0, 0.05) is 40.9 Å². The molecular weight excluding hydrogens is 924 g/mol. The van der Waals surface area contributed by atoms with Crippen LogP contribution in [-0.4, -0.2) is 91.2 Å². The van der Waals surface area contributed by atoms with E-state index in [4.69, 9.17) is 37.9 Å². The summed E-state index contributed by atoms with van der Waals surface area (Å²) in [5.41, 5.74) is 9.68. The Hall–Kier alpha value is -4.17. The third-order valence-corrected chi connectivity index (χ3v) is 14.5.